The van der Waals surface area contributed by atoms with Gasteiger partial charge in [0.2, 0.25) is 5.82 Å². The van der Waals surface area contributed by atoms with E-state index in [1.807, 2.05) is 13.8 Å². The molecule has 0 aliphatic carbocycles. The van der Waals surface area contributed by atoms with E-state index >= 15 is 0 Å². The van der Waals surface area contributed by atoms with Crippen LogP contribution in [0.15, 0.2) is 48.5 Å². The molecule has 0 spiro atoms. The summed E-state index contributed by atoms with van der Waals surface area (Å²) in [6.45, 7) is 5.54. The standard InChI is InChI=1S/C27H24F3NO4/c1-14-11-17(9-10-18(14)28)31-20-12-19(29)23(30)24(32)22(20)21(25(31)27(2,3)13-35-4)15-5-7-16(8-6-15)26(33)34/h5-12,32H,13H2,1-4H3,(H,33,34). The summed E-state index contributed by atoms with van der Waals surface area (Å²) in [4.78, 5) is 11.4. The third-order valence-corrected chi connectivity index (χ3v) is 6.09. The molecule has 1 heterocycles. The molecule has 2 N–H and O–H groups in total. The summed E-state index contributed by atoms with van der Waals surface area (Å²) in [5.41, 5.74) is 1.69. The van der Waals surface area contributed by atoms with Crippen molar-refractivity contribution in [3.8, 4) is 22.6 Å². The number of aromatic hydroxyl groups is 1. The van der Waals surface area contributed by atoms with E-state index < -0.39 is 34.6 Å². The van der Waals surface area contributed by atoms with Crippen molar-refractivity contribution in [2.45, 2.75) is 26.2 Å². The molecule has 0 fully saturated rings. The number of rotatable bonds is 6. The highest BCUT2D eigenvalue weighted by Gasteiger charge is 2.34. The molecule has 4 aromatic rings. The molecule has 35 heavy (non-hydrogen) atoms. The lowest BCUT2D eigenvalue weighted by Crippen LogP contribution is -2.27. The number of phenolic OH excluding ortho intramolecular Hbond substituents is 1. The SMILES string of the molecule is COCC(C)(C)c1c(-c2ccc(C(=O)O)cc2)c2c(O)c(F)c(F)cc2n1-c1ccc(F)c(C)c1. The predicted octanol–water partition coefficient (Wildman–Crippen LogP) is 6.35. The maximum atomic E-state index is 14.6. The van der Waals surface area contributed by atoms with Crippen LogP contribution in [-0.4, -0.2) is 34.5 Å². The van der Waals surface area contributed by atoms with Crippen molar-refractivity contribution < 1.29 is 32.9 Å². The van der Waals surface area contributed by atoms with Gasteiger partial charge in [0.15, 0.2) is 11.6 Å². The number of benzene rings is 3. The number of carboxylic acid groups (broad SMARTS) is 1. The zero-order chi connectivity index (χ0) is 25.7. The van der Waals surface area contributed by atoms with Crippen LogP contribution in [0.4, 0.5) is 13.2 Å². The van der Waals surface area contributed by atoms with Gasteiger partial charge in [0.05, 0.1) is 23.1 Å². The average molecular weight is 483 g/mol. The van der Waals surface area contributed by atoms with Gasteiger partial charge in [-0.25, -0.2) is 13.6 Å². The van der Waals surface area contributed by atoms with Crippen molar-refractivity contribution in [1.82, 2.24) is 4.57 Å². The minimum Gasteiger partial charge on any atom is -0.504 e. The Morgan fingerprint density at radius 1 is 1.03 bits per heavy atom. The Kier molecular flexibility index (Phi) is 6.11. The first-order chi connectivity index (χ1) is 16.5. The Hall–Kier alpha value is -3.78. The summed E-state index contributed by atoms with van der Waals surface area (Å²) in [5, 5.41) is 20.1. The number of methoxy groups -OCH3 is 1. The third-order valence-electron chi connectivity index (χ3n) is 6.09. The van der Waals surface area contributed by atoms with E-state index in [2.05, 4.69) is 0 Å². The number of aryl methyl sites for hydroxylation is 1. The van der Waals surface area contributed by atoms with Gasteiger partial charge >= 0.3 is 5.97 Å². The van der Waals surface area contributed by atoms with Crippen LogP contribution >= 0.6 is 0 Å². The zero-order valence-corrected chi connectivity index (χ0v) is 19.6. The van der Waals surface area contributed by atoms with Crippen molar-refractivity contribution in [2.24, 2.45) is 0 Å². The average Bonchev–Trinajstić information content (AvgIpc) is 3.15. The van der Waals surface area contributed by atoms with Gasteiger partial charge < -0.3 is 19.5 Å². The number of hydrogen-bond donors (Lipinski definition) is 2. The summed E-state index contributed by atoms with van der Waals surface area (Å²) in [5.74, 6) is -5.05. The predicted molar refractivity (Wildman–Crippen MR) is 127 cm³/mol. The van der Waals surface area contributed by atoms with E-state index in [9.17, 15) is 28.2 Å². The second kappa shape index (κ2) is 8.78. The number of carbonyl (C=O) groups is 1. The lowest BCUT2D eigenvalue weighted by Gasteiger charge is -2.28. The molecule has 8 heteroatoms. The number of aromatic carboxylic acids is 1. The first kappa shape index (κ1) is 24.3. The molecule has 3 aromatic carbocycles. The van der Waals surface area contributed by atoms with Gasteiger partial charge in [0.1, 0.15) is 5.82 Å². The van der Waals surface area contributed by atoms with Crippen molar-refractivity contribution in [3.63, 3.8) is 0 Å². The minimum atomic E-state index is -1.40. The molecular formula is C27H24F3NO4. The molecule has 4 rings (SSSR count). The van der Waals surface area contributed by atoms with E-state index in [4.69, 9.17) is 4.74 Å². The third kappa shape index (κ3) is 4.04. The van der Waals surface area contributed by atoms with Crippen LogP contribution in [0.5, 0.6) is 5.75 Å². The molecule has 1 aromatic heterocycles. The molecule has 0 atom stereocenters. The van der Waals surface area contributed by atoms with Crippen molar-refractivity contribution >= 4 is 16.9 Å². The Balaban J connectivity index is 2.23. The Morgan fingerprint density at radius 2 is 1.69 bits per heavy atom. The van der Waals surface area contributed by atoms with Gasteiger partial charge in [-0.2, -0.15) is 4.39 Å². The smallest absolute Gasteiger partial charge is 0.335 e. The van der Waals surface area contributed by atoms with Crippen molar-refractivity contribution in [3.05, 3.63) is 82.8 Å². The molecule has 0 radical (unpaired) electrons. The number of aromatic nitrogens is 1. The van der Waals surface area contributed by atoms with Gasteiger partial charge in [0.25, 0.3) is 0 Å². The molecular weight excluding hydrogens is 459 g/mol. The van der Waals surface area contributed by atoms with E-state index in [-0.39, 0.29) is 23.1 Å². The number of carboxylic acids is 1. The molecule has 0 saturated carbocycles. The van der Waals surface area contributed by atoms with Crippen LogP contribution in [0.3, 0.4) is 0 Å². The molecule has 5 nitrogen and oxygen atoms in total. The molecule has 0 bridgehead atoms. The fourth-order valence-electron chi connectivity index (χ4n) is 4.54. The highest BCUT2D eigenvalue weighted by molar-refractivity contribution is 6.04. The van der Waals surface area contributed by atoms with E-state index in [0.717, 1.165) is 6.07 Å². The van der Waals surface area contributed by atoms with Crippen LogP contribution in [0.1, 0.15) is 35.5 Å². The van der Waals surface area contributed by atoms with Crippen LogP contribution in [-0.2, 0) is 10.2 Å². The van der Waals surface area contributed by atoms with E-state index in [1.54, 1.807) is 29.7 Å². The number of ether oxygens (including phenoxy) is 1. The molecule has 0 unspecified atom stereocenters. The number of hydrogen-bond acceptors (Lipinski definition) is 3. The van der Waals surface area contributed by atoms with Gasteiger partial charge in [-0.1, -0.05) is 26.0 Å². The van der Waals surface area contributed by atoms with Gasteiger partial charge in [-0.05, 0) is 48.4 Å². The lowest BCUT2D eigenvalue weighted by atomic mass is 9.84. The first-order valence-corrected chi connectivity index (χ1v) is 10.8. The molecule has 0 saturated heterocycles. The maximum absolute atomic E-state index is 14.6. The summed E-state index contributed by atoms with van der Waals surface area (Å²) in [6.07, 6.45) is 0. The quantitative estimate of drug-likeness (QED) is 0.335. The Bertz CT molecular complexity index is 1460. The molecule has 0 aliphatic rings. The second-order valence-corrected chi connectivity index (χ2v) is 9.11. The fraction of sp³-hybridized carbons (Fsp3) is 0.222. The first-order valence-electron chi connectivity index (χ1n) is 10.8. The van der Waals surface area contributed by atoms with E-state index in [1.165, 1.54) is 31.4 Å². The Morgan fingerprint density at radius 3 is 2.26 bits per heavy atom. The van der Waals surface area contributed by atoms with Crippen LogP contribution in [0, 0.1) is 24.4 Å². The van der Waals surface area contributed by atoms with Gasteiger partial charge in [-0.15, -0.1) is 0 Å². The largest absolute Gasteiger partial charge is 0.504 e. The summed E-state index contributed by atoms with van der Waals surface area (Å²) in [7, 11) is 1.52. The highest BCUT2D eigenvalue weighted by Crippen LogP contribution is 2.47. The molecule has 0 aliphatic heterocycles. The van der Waals surface area contributed by atoms with Crippen LogP contribution in [0.25, 0.3) is 27.7 Å². The summed E-state index contributed by atoms with van der Waals surface area (Å²) >= 11 is 0. The highest BCUT2D eigenvalue weighted by atomic mass is 19.2. The van der Waals surface area contributed by atoms with Crippen molar-refractivity contribution in [1.29, 1.82) is 0 Å². The molecule has 0 amide bonds. The maximum Gasteiger partial charge on any atom is 0.335 e. The van der Waals surface area contributed by atoms with Gasteiger partial charge in [-0.3, -0.25) is 0 Å². The lowest BCUT2D eigenvalue weighted by molar-refractivity contribution is 0.0697. The van der Waals surface area contributed by atoms with Gasteiger partial charge in [0, 0.05) is 35.5 Å². The second-order valence-electron chi connectivity index (χ2n) is 9.11. The monoisotopic (exact) mass is 483 g/mol. The van der Waals surface area contributed by atoms with Crippen LogP contribution < -0.4 is 0 Å². The van der Waals surface area contributed by atoms with Crippen LogP contribution in [0.2, 0.25) is 0 Å². The minimum absolute atomic E-state index is 0.0470. The van der Waals surface area contributed by atoms with Crippen molar-refractivity contribution in [2.75, 3.05) is 13.7 Å². The topological polar surface area (TPSA) is 71.7 Å². The summed E-state index contributed by atoms with van der Waals surface area (Å²) < 4.78 is 50.4. The normalized spacial score (nSPS) is 11.9. The molecule has 182 valence electrons. The number of nitrogens with zero attached hydrogens (tertiary/aromatic N) is 1. The number of halogens is 3. The Labute approximate surface area is 200 Å². The number of phenols is 1. The summed E-state index contributed by atoms with van der Waals surface area (Å²) in [6, 6.07) is 11.3. The fourth-order valence-corrected chi connectivity index (χ4v) is 4.54. The zero-order valence-electron chi connectivity index (χ0n) is 19.6. The number of fused-ring (bicyclic) bond motifs is 1. The van der Waals surface area contributed by atoms with E-state index in [0.29, 0.717) is 28.1 Å².